The molecule has 4 rings (SSSR count). The lowest BCUT2D eigenvalue weighted by atomic mass is 10.1. The van der Waals surface area contributed by atoms with Gasteiger partial charge < -0.3 is 10.2 Å². The Morgan fingerprint density at radius 3 is 2.75 bits per heavy atom. The number of hydrogen-bond acceptors (Lipinski definition) is 4. The number of rotatable bonds is 4. The van der Waals surface area contributed by atoms with E-state index < -0.39 is 0 Å². The monoisotopic (exact) mass is 377 g/mol. The van der Waals surface area contributed by atoms with Gasteiger partial charge in [0.2, 0.25) is 0 Å². The first-order chi connectivity index (χ1) is 13.6. The van der Waals surface area contributed by atoms with Gasteiger partial charge in [-0.05, 0) is 25.6 Å². The first kappa shape index (κ1) is 18.7. The molecule has 2 heterocycles. The Kier molecular flexibility index (Phi) is 5.41. The summed E-state index contributed by atoms with van der Waals surface area (Å²) in [6.45, 7) is 6.64. The SMILES string of the molecule is Cc1ccc(CN2CCN(C)CC(NC(=O)c3n[nH]c4ccccc34)C2)cc1. The van der Waals surface area contributed by atoms with Crippen molar-refractivity contribution >= 4 is 16.8 Å². The highest BCUT2D eigenvalue weighted by Crippen LogP contribution is 2.16. The third-order valence-corrected chi connectivity index (χ3v) is 5.36. The maximum atomic E-state index is 12.9. The zero-order chi connectivity index (χ0) is 19.5. The summed E-state index contributed by atoms with van der Waals surface area (Å²) >= 11 is 0. The van der Waals surface area contributed by atoms with Crippen molar-refractivity contribution in [3.05, 3.63) is 65.4 Å². The van der Waals surface area contributed by atoms with E-state index in [1.165, 1.54) is 11.1 Å². The Morgan fingerprint density at radius 1 is 1.14 bits per heavy atom. The smallest absolute Gasteiger partial charge is 0.272 e. The molecule has 1 aromatic heterocycles. The molecule has 0 aliphatic carbocycles. The van der Waals surface area contributed by atoms with E-state index in [4.69, 9.17) is 0 Å². The zero-order valence-electron chi connectivity index (χ0n) is 16.5. The average Bonchev–Trinajstić information content (AvgIpc) is 3.04. The number of nitrogens with one attached hydrogen (secondary N) is 2. The van der Waals surface area contributed by atoms with E-state index in [-0.39, 0.29) is 11.9 Å². The molecule has 1 amide bonds. The van der Waals surface area contributed by atoms with Gasteiger partial charge in [-0.15, -0.1) is 0 Å². The standard InChI is InChI=1S/C22H27N5O/c1-16-7-9-17(10-8-16)13-27-12-11-26(2)14-18(15-27)23-22(28)21-19-5-3-4-6-20(19)24-25-21/h3-10,18H,11-15H2,1-2H3,(H,23,28)(H,24,25). The molecule has 146 valence electrons. The highest BCUT2D eigenvalue weighted by Gasteiger charge is 2.24. The lowest BCUT2D eigenvalue weighted by Gasteiger charge is -2.24. The molecule has 28 heavy (non-hydrogen) atoms. The van der Waals surface area contributed by atoms with Crippen LogP contribution in [0.2, 0.25) is 0 Å². The molecule has 0 radical (unpaired) electrons. The fourth-order valence-electron chi connectivity index (χ4n) is 3.82. The number of nitrogens with zero attached hydrogens (tertiary/aromatic N) is 3. The van der Waals surface area contributed by atoms with Gasteiger partial charge in [-0.1, -0.05) is 48.0 Å². The number of likely N-dealkylation sites (N-methyl/N-ethyl adjacent to an activating group) is 1. The molecule has 2 N–H and O–H groups in total. The number of amides is 1. The second-order valence-corrected chi connectivity index (χ2v) is 7.77. The summed E-state index contributed by atoms with van der Waals surface area (Å²) in [5.74, 6) is -0.118. The quantitative estimate of drug-likeness (QED) is 0.733. The molecule has 1 aliphatic rings. The number of fused-ring (bicyclic) bond motifs is 1. The number of carbonyl (C=O) groups is 1. The number of aromatic nitrogens is 2. The number of benzene rings is 2. The van der Waals surface area contributed by atoms with Gasteiger partial charge in [-0.25, -0.2) is 0 Å². The largest absolute Gasteiger partial charge is 0.345 e. The topological polar surface area (TPSA) is 64.3 Å². The Hall–Kier alpha value is -2.70. The minimum absolute atomic E-state index is 0.0564. The van der Waals surface area contributed by atoms with Crippen molar-refractivity contribution < 1.29 is 4.79 Å². The molecule has 0 bridgehead atoms. The fraction of sp³-hybridized carbons (Fsp3) is 0.364. The highest BCUT2D eigenvalue weighted by molar-refractivity contribution is 6.04. The molecule has 1 saturated heterocycles. The van der Waals surface area contributed by atoms with Crippen LogP contribution in [-0.2, 0) is 6.54 Å². The fourth-order valence-corrected chi connectivity index (χ4v) is 3.82. The number of H-pyrrole nitrogens is 1. The molecular formula is C22H27N5O. The van der Waals surface area contributed by atoms with E-state index in [0.29, 0.717) is 5.69 Å². The van der Waals surface area contributed by atoms with Crippen LogP contribution in [0.25, 0.3) is 10.9 Å². The van der Waals surface area contributed by atoms with E-state index in [1.54, 1.807) is 0 Å². The number of aromatic amines is 1. The maximum Gasteiger partial charge on any atom is 0.272 e. The van der Waals surface area contributed by atoms with Crippen LogP contribution < -0.4 is 5.32 Å². The van der Waals surface area contributed by atoms with Crippen LogP contribution in [0.3, 0.4) is 0 Å². The first-order valence-corrected chi connectivity index (χ1v) is 9.79. The lowest BCUT2D eigenvalue weighted by molar-refractivity contribution is 0.0920. The Labute approximate surface area is 165 Å². The number of hydrogen-bond donors (Lipinski definition) is 2. The van der Waals surface area contributed by atoms with Crippen molar-refractivity contribution in [1.82, 2.24) is 25.3 Å². The van der Waals surface area contributed by atoms with Crippen LogP contribution in [0.15, 0.2) is 48.5 Å². The molecule has 0 saturated carbocycles. The summed E-state index contributed by atoms with van der Waals surface area (Å²) in [6, 6.07) is 16.5. The molecular weight excluding hydrogens is 350 g/mol. The van der Waals surface area contributed by atoms with E-state index in [1.807, 2.05) is 24.3 Å². The second kappa shape index (κ2) is 8.12. The number of para-hydroxylation sites is 1. The van der Waals surface area contributed by atoms with Crippen LogP contribution in [-0.4, -0.2) is 65.2 Å². The Balaban J connectivity index is 1.46. The second-order valence-electron chi connectivity index (χ2n) is 7.77. The molecule has 1 aliphatic heterocycles. The van der Waals surface area contributed by atoms with Crippen LogP contribution >= 0.6 is 0 Å². The molecule has 6 nitrogen and oxygen atoms in total. The third-order valence-electron chi connectivity index (χ3n) is 5.36. The predicted octanol–water partition coefficient (Wildman–Crippen LogP) is 2.42. The van der Waals surface area contributed by atoms with Gasteiger partial charge in [0.1, 0.15) is 0 Å². The van der Waals surface area contributed by atoms with Crippen molar-refractivity contribution in [2.24, 2.45) is 0 Å². The molecule has 1 fully saturated rings. The number of carbonyl (C=O) groups excluding carboxylic acids is 1. The van der Waals surface area contributed by atoms with Gasteiger partial charge in [-0.3, -0.25) is 14.8 Å². The maximum absolute atomic E-state index is 12.9. The van der Waals surface area contributed by atoms with Crippen LogP contribution in [0, 0.1) is 6.92 Å². The normalized spacial score (nSPS) is 18.9. The first-order valence-electron chi connectivity index (χ1n) is 9.79. The summed E-state index contributed by atoms with van der Waals surface area (Å²) < 4.78 is 0. The molecule has 3 aromatic rings. The van der Waals surface area contributed by atoms with Gasteiger partial charge in [0, 0.05) is 38.1 Å². The third kappa shape index (κ3) is 4.24. The van der Waals surface area contributed by atoms with Crippen molar-refractivity contribution in [2.75, 3.05) is 33.2 Å². The van der Waals surface area contributed by atoms with E-state index in [9.17, 15) is 4.79 Å². The minimum atomic E-state index is -0.118. The van der Waals surface area contributed by atoms with Crippen LogP contribution in [0.4, 0.5) is 0 Å². The zero-order valence-corrected chi connectivity index (χ0v) is 16.5. The Bertz CT molecular complexity index is 949. The van der Waals surface area contributed by atoms with Crippen molar-refractivity contribution in [2.45, 2.75) is 19.5 Å². The van der Waals surface area contributed by atoms with E-state index in [0.717, 1.165) is 43.6 Å². The van der Waals surface area contributed by atoms with Gasteiger partial charge >= 0.3 is 0 Å². The number of aryl methyl sites for hydroxylation is 1. The molecule has 2 aromatic carbocycles. The van der Waals surface area contributed by atoms with E-state index >= 15 is 0 Å². The van der Waals surface area contributed by atoms with Crippen molar-refractivity contribution in [1.29, 1.82) is 0 Å². The van der Waals surface area contributed by atoms with Gasteiger partial charge in [0.25, 0.3) is 5.91 Å². The van der Waals surface area contributed by atoms with Crippen molar-refractivity contribution in [3.63, 3.8) is 0 Å². The van der Waals surface area contributed by atoms with Gasteiger partial charge in [-0.2, -0.15) is 5.10 Å². The van der Waals surface area contributed by atoms with E-state index in [2.05, 4.69) is 63.6 Å². The van der Waals surface area contributed by atoms with Crippen molar-refractivity contribution in [3.8, 4) is 0 Å². The lowest BCUT2D eigenvalue weighted by Crippen LogP contribution is -2.46. The van der Waals surface area contributed by atoms with Gasteiger partial charge in [0.15, 0.2) is 5.69 Å². The average molecular weight is 377 g/mol. The summed E-state index contributed by atoms with van der Waals surface area (Å²) in [6.07, 6.45) is 0. The summed E-state index contributed by atoms with van der Waals surface area (Å²) in [5, 5.41) is 11.2. The molecule has 1 atom stereocenters. The Morgan fingerprint density at radius 2 is 1.93 bits per heavy atom. The van der Waals surface area contributed by atoms with Gasteiger partial charge in [0.05, 0.1) is 11.6 Å². The highest BCUT2D eigenvalue weighted by atomic mass is 16.2. The molecule has 6 heteroatoms. The predicted molar refractivity (Wildman–Crippen MR) is 111 cm³/mol. The van der Waals surface area contributed by atoms with Crippen LogP contribution in [0.1, 0.15) is 21.6 Å². The summed E-state index contributed by atoms with van der Waals surface area (Å²) in [5.41, 5.74) is 3.92. The summed E-state index contributed by atoms with van der Waals surface area (Å²) in [7, 11) is 2.11. The van der Waals surface area contributed by atoms with Crippen LogP contribution in [0.5, 0.6) is 0 Å². The molecule has 1 unspecified atom stereocenters. The minimum Gasteiger partial charge on any atom is -0.345 e. The summed E-state index contributed by atoms with van der Waals surface area (Å²) in [4.78, 5) is 17.6. The molecule has 0 spiro atoms.